The van der Waals surface area contributed by atoms with Gasteiger partial charge in [0, 0.05) is 44.0 Å². The third kappa shape index (κ3) is 3.21. The van der Waals surface area contributed by atoms with Crippen LogP contribution in [0.3, 0.4) is 0 Å². The van der Waals surface area contributed by atoms with E-state index >= 15 is 4.39 Å². The molecule has 1 saturated heterocycles. The van der Waals surface area contributed by atoms with Crippen molar-refractivity contribution in [2.24, 2.45) is 0 Å². The molecule has 1 fully saturated rings. The van der Waals surface area contributed by atoms with Crippen molar-refractivity contribution in [1.82, 2.24) is 24.9 Å². The van der Waals surface area contributed by atoms with E-state index in [1.54, 1.807) is 19.3 Å². The van der Waals surface area contributed by atoms with Crippen molar-refractivity contribution >= 4 is 33.8 Å². The number of fused-ring (bicyclic) bond motifs is 2. The third-order valence-corrected chi connectivity index (χ3v) is 5.57. The first-order valence-electron chi connectivity index (χ1n) is 10.1. The first kappa shape index (κ1) is 20.2. The number of hydrogen-bond donors (Lipinski definition) is 3. The molecule has 32 heavy (non-hydrogen) atoms. The second-order valence-corrected chi connectivity index (χ2v) is 7.61. The highest BCUT2D eigenvalue weighted by atomic mass is 19.1. The quantitative estimate of drug-likeness (QED) is 0.450. The number of piperazine rings is 1. The minimum absolute atomic E-state index is 0.0538. The maximum absolute atomic E-state index is 15.2. The van der Waals surface area contributed by atoms with Crippen LogP contribution in [0.1, 0.15) is 16.1 Å². The maximum Gasteiger partial charge on any atom is 0.260 e. The van der Waals surface area contributed by atoms with E-state index in [0.717, 1.165) is 13.1 Å². The standard InChI is InChI=1S/C21H21F2N7O2/c1-11-9-30-10-14(19(32-2)17(23)20(30)26-11)27-21(31)16-13(22)7-15(12-8-25-28-18(12)16)29-5-3-24-4-6-29/h7-10,24H,3-6H2,1-2H3,(H,25,28)(H,27,31). The van der Waals surface area contributed by atoms with E-state index in [-0.39, 0.29) is 28.2 Å². The van der Waals surface area contributed by atoms with E-state index in [0.29, 0.717) is 29.9 Å². The summed E-state index contributed by atoms with van der Waals surface area (Å²) in [6.45, 7) is 4.72. The topological polar surface area (TPSA) is 99.6 Å². The summed E-state index contributed by atoms with van der Waals surface area (Å²) >= 11 is 0. The normalized spacial score (nSPS) is 14.3. The summed E-state index contributed by atoms with van der Waals surface area (Å²) in [7, 11) is 1.29. The molecule has 3 N–H and O–H groups in total. The Morgan fingerprint density at radius 2 is 2.03 bits per heavy atom. The smallest absolute Gasteiger partial charge is 0.260 e. The van der Waals surface area contributed by atoms with E-state index in [4.69, 9.17) is 4.74 Å². The molecule has 0 radical (unpaired) electrons. The number of methoxy groups -OCH3 is 1. The number of imidazole rings is 1. The number of ether oxygens (including phenoxy) is 1. The second kappa shape index (κ2) is 7.75. The summed E-state index contributed by atoms with van der Waals surface area (Å²) in [5.74, 6) is -2.36. The van der Waals surface area contributed by atoms with Crippen LogP contribution in [0.5, 0.6) is 5.75 Å². The predicted octanol–water partition coefficient (Wildman–Crippen LogP) is 2.47. The van der Waals surface area contributed by atoms with Crippen LogP contribution in [0, 0.1) is 18.6 Å². The van der Waals surface area contributed by atoms with Gasteiger partial charge in [0.05, 0.1) is 30.2 Å². The van der Waals surface area contributed by atoms with Crippen LogP contribution in [-0.4, -0.2) is 58.8 Å². The van der Waals surface area contributed by atoms with Gasteiger partial charge < -0.3 is 24.7 Å². The first-order chi connectivity index (χ1) is 15.5. The summed E-state index contributed by atoms with van der Waals surface area (Å²) in [6.07, 6.45) is 4.67. The van der Waals surface area contributed by atoms with Crippen molar-refractivity contribution in [2.45, 2.75) is 6.92 Å². The fraction of sp³-hybridized carbons (Fsp3) is 0.286. The molecule has 166 valence electrons. The van der Waals surface area contributed by atoms with Gasteiger partial charge in [-0.1, -0.05) is 0 Å². The summed E-state index contributed by atoms with van der Waals surface area (Å²) in [6, 6.07) is 1.35. The van der Waals surface area contributed by atoms with E-state index in [2.05, 4.69) is 25.8 Å². The van der Waals surface area contributed by atoms with Gasteiger partial charge >= 0.3 is 0 Å². The number of aromatic nitrogens is 4. The minimum atomic E-state index is -0.752. The van der Waals surface area contributed by atoms with Gasteiger partial charge in [0.25, 0.3) is 5.91 Å². The molecule has 4 heterocycles. The number of nitrogens with one attached hydrogen (secondary N) is 3. The number of pyridine rings is 1. The van der Waals surface area contributed by atoms with Gasteiger partial charge in [-0.3, -0.25) is 9.89 Å². The summed E-state index contributed by atoms with van der Waals surface area (Å²) in [5.41, 5.74) is 1.46. The molecule has 0 bridgehead atoms. The Kier molecular flexibility index (Phi) is 4.89. The van der Waals surface area contributed by atoms with Crippen molar-refractivity contribution in [3.63, 3.8) is 0 Å². The molecule has 1 aliphatic heterocycles. The number of benzene rings is 1. The maximum atomic E-state index is 15.2. The lowest BCUT2D eigenvalue weighted by molar-refractivity contribution is 0.102. The number of carbonyl (C=O) groups excluding carboxylic acids is 1. The molecule has 1 aromatic carbocycles. The van der Waals surface area contributed by atoms with Gasteiger partial charge in [-0.2, -0.15) is 9.49 Å². The molecule has 0 unspecified atom stereocenters. The number of hydrogen-bond acceptors (Lipinski definition) is 6. The van der Waals surface area contributed by atoms with Crippen LogP contribution in [0.15, 0.2) is 24.7 Å². The Balaban J connectivity index is 1.56. The van der Waals surface area contributed by atoms with E-state index in [1.807, 2.05) is 4.90 Å². The van der Waals surface area contributed by atoms with Gasteiger partial charge in [-0.05, 0) is 13.0 Å². The number of carbonyl (C=O) groups is 1. The molecule has 1 aliphatic rings. The van der Waals surface area contributed by atoms with Crippen molar-refractivity contribution in [1.29, 1.82) is 0 Å². The molecule has 0 saturated carbocycles. The molecular formula is C21H21F2N7O2. The number of rotatable bonds is 4. The molecule has 3 aromatic heterocycles. The highest BCUT2D eigenvalue weighted by Gasteiger charge is 2.25. The number of aromatic amines is 1. The second-order valence-electron chi connectivity index (χ2n) is 7.61. The number of amides is 1. The van der Waals surface area contributed by atoms with Crippen molar-refractivity contribution < 1.29 is 18.3 Å². The van der Waals surface area contributed by atoms with Crippen molar-refractivity contribution in [3.8, 4) is 5.75 Å². The lowest BCUT2D eigenvalue weighted by atomic mass is 10.1. The van der Waals surface area contributed by atoms with Gasteiger partial charge in [0.15, 0.2) is 11.4 Å². The van der Waals surface area contributed by atoms with Gasteiger partial charge in [-0.15, -0.1) is 0 Å². The summed E-state index contributed by atoms with van der Waals surface area (Å²) in [4.78, 5) is 19.3. The predicted molar refractivity (Wildman–Crippen MR) is 116 cm³/mol. The Hall–Kier alpha value is -3.73. The van der Waals surface area contributed by atoms with Gasteiger partial charge in [0.2, 0.25) is 5.82 Å². The molecule has 11 heteroatoms. The molecule has 4 aromatic rings. The fourth-order valence-corrected chi connectivity index (χ4v) is 4.12. The van der Waals surface area contributed by atoms with Crippen LogP contribution in [-0.2, 0) is 0 Å². The Labute approximate surface area is 181 Å². The lowest BCUT2D eigenvalue weighted by Gasteiger charge is -2.30. The van der Waals surface area contributed by atoms with E-state index in [1.165, 1.54) is 23.8 Å². The fourth-order valence-electron chi connectivity index (χ4n) is 4.12. The lowest BCUT2D eigenvalue weighted by Crippen LogP contribution is -2.43. The average Bonchev–Trinajstić information content (AvgIpc) is 3.40. The molecule has 1 amide bonds. The van der Waals surface area contributed by atoms with Crippen LogP contribution >= 0.6 is 0 Å². The number of nitrogens with zero attached hydrogens (tertiary/aromatic N) is 4. The van der Waals surface area contributed by atoms with Crippen LogP contribution in [0.4, 0.5) is 20.2 Å². The first-order valence-corrected chi connectivity index (χ1v) is 10.1. The van der Waals surface area contributed by atoms with Crippen LogP contribution < -0.4 is 20.3 Å². The number of aryl methyl sites for hydroxylation is 1. The number of anilines is 2. The number of H-pyrrole nitrogens is 1. The minimum Gasteiger partial charge on any atom is -0.491 e. The highest BCUT2D eigenvalue weighted by molar-refractivity contribution is 6.14. The van der Waals surface area contributed by atoms with E-state index in [9.17, 15) is 9.18 Å². The largest absolute Gasteiger partial charge is 0.491 e. The van der Waals surface area contributed by atoms with Crippen molar-refractivity contribution in [3.05, 3.63) is 47.5 Å². The molecule has 0 atom stereocenters. The molecule has 0 spiro atoms. The molecule has 0 aliphatic carbocycles. The zero-order valence-corrected chi connectivity index (χ0v) is 17.5. The van der Waals surface area contributed by atoms with E-state index < -0.39 is 17.5 Å². The zero-order valence-electron chi connectivity index (χ0n) is 17.5. The molecule has 5 rings (SSSR count). The molecule has 9 nitrogen and oxygen atoms in total. The summed E-state index contributed by atoms with van der Waals surface area (Å²) < 4.78 is 36.7. The SMILES string of the molecule is COc1c(NC(=O)c2c(F)cc(N3CCNCC3)c3cn[nH]c23)cn2cc(C)nc2c1F. The third-order valence-electron chi connectivity index (χ3n) is 5.57. The molecular weight excluding hydrogens is 420 g/mol. The Morgan fingerprint density at radius 1 is 1.25 bits per heavy atom. The van der Waals surface area contributed by atoms with Gasteiger partial charge in [-0.25, -0.2) is 9.37 Å². The average molecular weight is 441 g/mol. The van der Waals surface area contributed by atoms with Crippen LogP contribution in [0.25, 0.3) is 16.6 Å². The zero-order chi connectivity index (χ0) is 22.4. The summed E-state index contributed by atoms with van der Waals surface area (Å²) in [5, 5.41) is 13.2. The highest BCUT2D eigenvalue weighted by Crippen LogP contribution is 2.34. The Bertz CT molecular complexity index is 1340. The van der Waals surface area contributed by atoms with Gasteiger partial charge in [0.1, 0.15) is 17.1 Å². The Morgan fingerprint density at radius 3 is 2.78 bits per heavy atom. The number of halogens is 2. The van der Waals surface area contributed by atoms with Crippen LogP contribution in [0.2, 0.25) is 0 Å². The van der Waals surface area contributed by atoms with Crippen molar-refractivity contribution in [2.75, 3.05) is 43.5 Å². The monoisotopic (exact) mass is 441 g/mol.